The topological polar surface area (TPSA) is 35.0 Å². The van der Waals surface area contributed by atoms with E-state index in [1.54, 1.807) is 6.07 Å². The summed E-state index contributed by atoms with van der Waals surface area (Å²) < 4.78 is 18.5. The van der Waals surface area contributed by atoms with Crippen molar-refractivity contribution in [3.8, 4) is 0 Å². The summed E-state index contributed by atoms with van der Waals surface area (Å²) in [6.07, 6.45) is 0.759. The maximum atomic E-state index is 13.1. The van der Waals surface area contributed by atoms with Crippen LogP contribution >= 0.6 is 23.4 Å². The van der Waals surface area contributed by atoms with Crippen molar-refractivity contribution in [2.75, 3.05) is 6.61 Å². The zero-order valence-electron chi connectivity index (χ0n) is 10.6. The van der Waals surface area contributed by atoms with Gasteiger partial charge in [-0.05, 0) is 18.2 Å². The molecule has 1 aromatic carbocycles. The minimum Gasteiger partial charge on any atom is -0.376 e. The lowest BCUT2D eigenvalue weighted by Crippen LogP contribution is -2.14. The zero-order chi connectivity index (χ0) is 13.9. The lowest BCUT2D eigenvalue weighted by molar-refractivity contribution is 0.109. The van der Waals surface area contributed by atoms with Crippen LogP contribution in [-0.2, 0) is 23.5 Å². The second kappa shape index (κ2) is 6.08. The van der Waals surface area contributed by atoms with Crippen LogP contribution in [0.1, 0.15) is 17.1 Å². The van der Waals surface area contributed by atoms with Crippen molar-refractivity contribution < 1.29 is 9.13 Å². The second-order valence-corrected chi connectivity index (χ2v) is 5.81. The molecule has 0 aliphatic carbocycles. The van der Waals surface area contributed by atoms with Gasteiger partial charge >= 0.3 is 0 Å². The van der Waals surface area contributed by atoms with E-state index in [1.165, 1.54) is 23.9 Å². The molecule has 104 valence electrons. The van der Waals surface area contributed by atoms with Gasteiger partial charge in [-0.15, -0.1) is 11.8 Å². The Hall–Kier alpha value is -1.17. The maximum Gasteiger partial charge on any atom is 0.140 e. The standard InChI is InChI=1S/C14H12ClFN2OS/c15-14-11-7-19-5-4-12(11)17-13(18-14)8-20-10-3-1-2-9(16)6-10/h1-3,6H,4-5,7-8H2. The molecule has 2 aromatic rings. The summed E-state index contributed by atoms with van der Waals surface area (Å²) >= 11 is 7.65. The summed E-state index contributed by atoms with van der Waals surface area (Å²) in [6.45, 7) is 1.14. The first-order valence-corrected chi connectivity index (χ1v) is 7.59. The number of ether oxygens (including phenoxy) is 1. The average Bonchev–Trinajstić information content (AvgIpc) is 2.45. The molecule has 20 heavy (non-hydrogen) atoms. The van der Waals surface area contributed by atoms with Gasteiger partial charge in [0.05, 0.1) is 24.7 Å². The van der Waals surface area contributed by atoms with Crippen molar-refractivity contribution in [1.29, 1.82) is 0 Å². The molecule has 0 radical (unpaired) electrons. The highest BCUT2D eigenvalue weighted by Gasteiger charge is 2.17. The Morgan fingerprint density at radius 1 is 1.35 bits per heavy atom. The van der Waals surface area contributed by atoms with Gasteiger partial charge in [-0.3, -0.25) is 0 Å². The normalized spacial score (nSPS) is 14.1. The van der Waals surface area contributed by atoms with E-state index in [-0.39, 0.29) is 5.82 Å². The van der Waals surface area contributed by atoms with Crippen LogP contribution in [0.3, 0.4) is 0 Å². The van der Waals surface area contributed by atoms with E-state index in [2.05, 4.69) is 9.97 Å². The predicted molar refractivity (Wildman–Crippen MR) is 76.4 cm³/mol. The molecule has 2 heterocycles. The van der Waals surface area contributed by atoms with Crippen LogP contribution in [0.2, 0.25) is 5.15 Å². The quantitative estimate of drug-likeness (QED) is 0.640. The second-order valence-electron chi connectivity index (χ2n) is 4.40. The van der Waals surface area contributed by atoms with Crippen molar-refractivity contribution in [1.82, 2.24) is 9.97 Å². The molecule has 0 atom stereocenters. The van der Waals surface area contributed by atoms with Gasteiger partial charge in [0, 0.05) is 16.9 Å². The van der Waals surface area contributed by atoms with Crippen molar-refractivity contribution in [3.05, 3.63) is 52.3 Å². The molecule has 0 saturated carbocycles. The van der Waals surface area contributed by atoms with E-state index in [4.69, 9.17) is 16.3 Å². The Labute approximate surface area is 125 Å². The van der Waals surface area contributed by atoms with Crippen molar-refractivity contribution in [3.63, 3.8) is 0 Å². The Morgan fingerprint density at radius 2 is 2.25 bits per heavy atom. The smallest absolute Gasteiger partial charge is 0.140 e. The number of fused-ring (bicyclic) bond motifs is 1. The van der Waals surface area contributed by atoms with E-state index < -0.39 is 0 Å². The lowest BCUT2D eigenvalue weighted by Gasteiger charge is -2.17. The highest BCUT2D eigenvalue weighted by Crippen LogP contribution is 2.26. The average molecular weight is 311 g/mol. The molecule has 6 heteroatoms. The Kier molecular flexibility index (Phi) is 4.19. The first-order chi connectivity index (χ1) is 9.72. The van der Waals surface area contributed by atoms with Gasteiger partial charge < -0.3 is 4.74 Å². The molecule has 3 nitrogen and oxygen atoms in total. The van der Waals surface area contributed by atoms with E-state index >= 15 is 0 Å². The number of hydrogen-bond donors (Lipinski definition) is 0. The van der Waals surface area contributed by atoms with Crippen LogP contribution in [0.5, 0.6) is 0 Å². The van der Waals surface area contributed by atoms with Gasteiger partial charge in [0.1, 0.15) is 16.8 Å². The number of halogens is 2. The Morgan fingerprint density at radius 3 is 3.10 bits per heavy atom. The third-order valence-electron chi connectivity index (χ3n) is 2.98. The molecule has 0 spiro atoms. The third kappa shape index (κ3) is 3.11. The maximum absolute atomic E-state index is 13.1. The molecule has 0 N–H and O–H groups in total. The van der Waals surface area contributed by atoms with Crippen LogP contribution in [0.25, 0.3) is 0 Å². The summed E-state index contributed by atoms with van der Waals surface area (Å²) in [6, 6.07) is 6.48. The van der Waals surface area contributed by atoms with E-state index in [1.807, 2.05) is 6.07 Å². The monoisotopic (exact) mass is 310 g/mol. The summed E-state index contributed by atoms with van der Waals surface area (Å²) in [5, 5.41) is 0.463. The number of thioether (sulfide) groups is 1. The summed E-state index contributed by atoms with van der Waals surface area (Å²) in [4.78, 5) is 9.66. The Bertz CT molecular complexity index is 639. The number of nitrogens with zero attached hydrogens (tertiary/aromatic N) is 2. The third-order valence-corrected chi connectivity index (χ3v) is 4.28. The SMILES string of the molecule is Fc1cccc(SCc2nc(Cl)c3c(n2)CCOC3)c1. The first-order valence-electron chi connectivity index (χ1n) is 6.22. The molecular weight excluding hydrogens is 299 g/mol. The first kappa shape index (κ1) is 13.8. The fraction of sp³-hybridized carbons (Fsp3) is 0.286. The molecule has 1 aromatic heterocycles. The number of rotatable bonds is 3. The summed E-state index contributed by atoms with van der Waals surface area (Å²) in [5.41, 5.74) is 1.85. The van der Waals surface area contributed by atoms with Gasteiger partial charge in [-0.25, -0.2) is 14.4 Å². The minimum atomic E-state index is -0.239. The molecular formula is C14H12ClFN2OS. The Balaban J connectivity index is 1.76. The molecule has 0 unspecified atom stereocenters. The minimum absolute atomic E-state index is 0.239. The van der Waals surface area contributed by atoms with Crippen LogP contribution in [0, 0.1) is 5.82 Å². The van der Waals surface area contributed by atoms with Crippen LogP contribution < -0.4 is 0 Å². The fourth-order valence-electron chi connectivity index (χ4n) is 2.01. The van der Waals surface area contributed by atoms with Crippen LogP contribution in [-0.4, -0.2) is 16.6 Å². The fourth-order valence-corrected chi connectivity index (χ4v) is 3.07. The van der Waals surface area contributed by atoms with Gasteiger partial charge in [-0.2, -0.15) is 0 Å². The number of benzene rings is 1. The predicted octanol–water partition coefficient (Wildman–Crippen LogP) is 3.63. The van der Waals surface area contributed by atoms with Gasteiger partial charge in [0.15, 0.2) is 0 Å². The van der Waals surface area contributed by atoms with E-state index in [0.717, 1.165) is 22.6 Å². The highest BCUT2D eigenvalue weighted by molar-refractivity contribution is 7.98. The molecule has 1 aliphatic rings. The van der Waals surface area contributed by atoms with Crippen molar-refractivity contribution in [2.45, 2.75) is 23.7 Å². The zero-order valence-corrected chi connectivity index (χ0v) is 12.2. The van der Waals surface area contributed by atoms with E-state index in [0.29, 0.717) is 29.9 Å². The highest BCUT2D eigenvalue weighted by atomic mass is 35.5. The van der Waals surface area contributed by atoms with Gasteiger partial charge in [-0.1, -0.05) is 17.7 Å². The summed E-state index contributed by atoms with van der Waals surface area (Å²) in [5.74, 6) is 0.999. The lowest BCUT2D eigenvalue weighted by atomic mass is 10.1. The van der Waals surface area contributed by atoms with Crippen LogP contribution in [0.4, 0.5) is 4.39 Å². The molecule has 0 saturated heterocycles. The summed E-state index contributed by atoms with van der Waals surface area (Å²) in [7, 11) is 0. The van der Waals surface area contributed by atoms with Crippen molar-refractivity contribution in [2.24, 2.45) is 0 Å². The van der Waals surface area contributed by atoms with E-state index in [9.17, 15) is 4.39 Å². The van der Waals surface area contributed by atoms with Crippen LogP contribution in [0.15, 0.2) is 29.2 Å². The van der Waals surface area contributed by atoms with Gasteiger partial charge in [0.25, 0.3) is 0 Å². The number of hydrogen-bond acceptors (Lipinski definition) is 4. The molecule has 3 rings (SSSR count). The molecule has 0 fully saturated rings. The molecule has 1 aliphatic heterocycles. The largest absolute Gasteiger partial charge is 0.376 e. The number of aromatic nitrogens is 2. The molecule has 0 bridgehead atoms. The molecule has 0 amide bonds. The van der Waals surface area contributed by atoms with Crippen molar-refractivity contribution >= 4 is 23.4 Å². The van der Waals surface area contributed by atoms with Gasteiger partial charge in [0.2, 0.25) is 0 Å².